The summed E-state index contributed by atoms with van der Waals surface area (Å²) in [5, 5.41) is 0. The van der Waals surface area contributed by atoms with Crippen LogP contribution >= 0.6 is 0 Å². The molecule has 0 atom stereocenters. The first kappa shape index (κ1) is 13.2. The van der Waals surface area contributed by atoms with Gasteiger partial charge in [0.25, 0.3) is 0 Å². The van der Waals surface area contributed by atoms with E-state index in [1.54, 1.807) is 13.0 Å². The van der Waals surface area contributed by atoms with E-state index in [0.717, 1.165) is 0 Å². The zero-order valence-corrected chi connectivity index (χ0v) is 10.3. The molecule has 0 saturated carbocycles. The second kappa shape index (κ2) is 5.61. The number of ketones is 1. The Morgan fingerprint density at radius 2 is 1.89 bits per heavy atom. The summed E-state index contributed by atoms with van der Waals surface area (Å²) in [5.74, 6) is -0.995. The Hall–Kier alpha value is -2.23. The molecule has 0 unspecified atom stereocenters. The van der Waals surface area contributed by atoms with E-state index in [0.29, 0.717) is 11.3 Å². The van der Waals surface area contributed by atoms with Gasteiger partial charge in [-0.3, -0.25) is 4.79 Å². The van der Waals surface area contributed by atoms with E-state index >= 15 is 0 Å². The fourth-order valence-corrected chi connectivity index (χ4v) is 1.68. The topological polar surface area (TPSA) is 26.3 Å². The van der Waals surface area contributed by atoms with E-state index in [2.05, 4.69) is 0 Å². The molecule has 2 aromatic rings. The fraction of sp³-hybridized carbons (Fsp3) is 0.133. The quantitative estimate of drug-likeness (QED) is 0.788. The summed E-state index contributed by atoms with van der Waals surface area (Å²) in [6, 6.07) is 9.71. The summed E-state index contributed by atoms with van der Waals surface area (Å²) in [4.78, 5) is 11.8. The lowest BCUT2D eigenvalue weighted by atomic mass is 10.1. The molecule has 19 heavy (non-hydrogen) atoms. The minimum absolute atomic E-state index is 0.0118. The number of halogens is 2. The molecule has 2 rings (SSSR count). The Bertz CT molecular complexity index is 609. The van der Waals surface area contributed by atoms with Gasteiger partial charge in [0.05, 0.1) is 5.56 Å². The number of carbonyl (C=O) groups is 1. The summed E-state index contributed by atoms with van der Waals surface area (Å²) in [5.41, 5.74) is 0.573. The fourth-order valence-electron chi connectivity index (χ4n) is 1.68. The van der Waals surface area contributed by atoms with E-state index in [1.165, 1.54) is 36.4 Å². The van der Waals surface area contributed by atoms with Gasteiger partial charge in [-0.2, -0.15) is 0 Å². The Kier molecular flexibility index (Phi) is 3.90. The second-order valence-corrected chi connectivity index (χ2v) is 4.10. The zero-order valence-electron chi connectivity index (χ0n) is 10.3. The minimum Gasteiger partial charge on any atom is -0.485 e. The molecule has 0 aliphatic rings. The Morgan fingerprint density at radius 3 is 2.58 bits per heavy atom. The molecule has 0 saturated heterocycles. The summed E-state index contributed by atoms with van der Waals surface area (Å²) < 4.78 is 31.5. The highest BCUT2D eigenvalue weighted by atomic mass is 19.1. The highest BCUT2D eigenvalue weighted by Crippen LogP contribution is 2.18. The van der Waals surface area contributed by atoms with Crippen LogP contribution in [0, 0.1) is 18.6 Å². The van der Waals surface area contributed by atoms with Crippen LogP contribution in [0.4, 0.5) is 8.78 Å². The largest absolute Gasteiger partial charge is 0.485 e. The van der Waals surface area contributed by atoms with Crippen LogP contribution in [0.3, 0.4) is 0 Å². The van der Waals surface area contributed by atoms with Crippen molar-refractivity contribution in [3.63, 3.8) is 0 Å². The van der Waals surface area contributed by atoms with Crippen molar-refractivity contribution in [2.24, 2.45) is 0 Å². The number of ether oxygens (including phenoxy) is 1. The zero-order chi connectivity index (χ0) is 13.8. The molecule has 0 radical (unpaired) electrons. The molecule has 0 bridgehead atoms. The maximum Gasteiger partial charge on any atom is 0.203 e. The van der Waals surface area contributed by atoms with Crippen molar-refractivity contribution in [2.45, 2.75) is 6.92 Å². The average molecular weight is 262 g/mol. The Morgan fingerprint density at radius 1 is 1.16 bits per heavy atom. The molecule has 0 heterocycles. The van der Waals surface area contributed by atoms with Crippen LogP contribution in [0.25, 0.3) is 0 Å². The molecule has 2 aromatic carbocycles. The van der Waals surface area contributed by atoms with Crippen molar-refractivity contribution in [3.8, 4) is 5.75 Å². The number of Topliss-reactive ketones (excluding diaryl/α,β-unsaturated/α-hetero) is 1. The van der Waals surface area contributed by atoms with Crippen LogP contribution in [-0.2, 0) is 0 Å². The van der Waals surface area contributed by atoms with Crippen LogP contribution in [0.2, 0.25) is 0 Å². The molecule has 0 spiro atoms. The number of hydrogen-bond donors (Lipinski definition) is 0. The lowest BCUT2D eigenvalue weighted by Gasteiger charge is -2.08. The van der Waals surface area contributed by atoms with Gasteiger partial charge in [0.1, 0.15) is 17.4 Å². The molecule has 0 fully saturated rings. The standard InChI is InChI=1S/C15H12F2O2/c1-10-8-11(16)6-7-15(10)19-9-14(18)12-4-2-3-5-13(12)17/h2-8H,9H2,1H3. The lowest BCUT2D eigenvalue weighted by Crippen LogP contribution is -2.13. The number of aryl methyl sites for hydroxylation is 1. The first-order chi connectivity index (χ1) is 9.08. The van der Waals surface area contributed by atoms with Crippen molar-refractivity contribution in [1.29, 1.82) is 0 Å². The smallest absolute Gasteiger partial charge is 0.203 e. The van der Waals surface area contributed by atoms with E-state index in [-0.39, 0.29) is 18.0 Å². The molecule has 0 aliphatic carbocycles. The van der Waals surface area contributed by atoms with Gasteiger partial charge >= 0.3 is 0 Å². The van der Waals surface area contributed by atoms with Crippen molar-refractivity contribution < 1.29 is 18.3 Å². The molecule has 0 amide bonds. The Balaban J connectivity index is 2.07. The van der Waals surface area contributed by atoms with Gasteiger partial charge in [0, 0.05) is 0 Å². The normalized spacial score (nSPS) is 10.3. The number of benzene rings is 2. The van der Waals surface area contributed by atoms with Gasteiger partial charge in [0.2, 0.25) is 5.78 Å². The summed E-state index contributed by atoms with van der Waals surface area (Å²) in [6.45, 7) is 1.39. The predicted molar refractivity (Wildman–Crippen MR) is 67.4 cm³/mol. The number of carbonyl (C=O) groups excluding carboxylic acids is 1. The molecule has 0 N–H and O–H groups in total. The summed E-state index contributed by atoms with van der Waals surface area (Å²) in [7, 11) is 0. The molecule has 0 aliphatic heterocycles. The third-order valence-corrected chi connectivity index (χ3v) is 2.67. The third-order valence-electron chi connectivity index (χ3n) is 2.67. The van der Waals surface area contributed by atoms with Gasteiger partial charge in [-0.25, -0.2) is 8.78 Å². The van der Waals surface area contributed by atoms with Crippen molar-refractivity contribution in [2.75, 3.05) is 6.61 Å². The SMILES string of the molecule is Cc1cc(F)ccc1OCC(=O)c1ccccc1F. The van der Waals surface area contributed by atoms with Crippen LogP contribution in [0.15, 0.2) is 42.5 Å². The molecular formula is C15H12F2O2. The molecule has 0 aromatic heterocycles. The first-order valence-electron chi connectivity index (χ1n) is 5.74. The predicted octanol–water partition coefficient (Wildman–Crippen LogP) is 3.53. The van der Waals surface area contributed by atoms with Crippen LogP contribution in [0.5, 0.6) is 5.75 Å². The number of rotatable bonds is 4. The first-order valence-corrected chi connectivity index (χ1v) is 5.74. The van der Waals surface area contributed by atoms with Crippen molar-refractivity contribution in [1.82, 2.24) is 0 Å². The van der Waals surface area contributed by atoms with Crippen molar-refractivity contribution in [3.05, 3.63) is 65.2 Å². The number of hydrogen-bond acceptors (Lipinski definition) is 2. The maximum atomic E-state index is 13.4. The second-order valence-electron chi connectivity index (χ2n) is 4.10. The molecule has 4 heteroatoms. The highest BCUT2D eigenvalue weighted by molar-refractivity contribution is 5.97. The van der Waals surface area contributed by atoms with Gasteiger partial charge in [-0.15, -0.1) is 0 Å². The lowest BCUT2D eigenvalue weighted by molar-refractivity contribution is 0.0917. The van der Waals surface area contributed by atoms with E-state index < -0.39 is 11.6 Å². The van der Waals surface area contributed by atoms with Gasteiger partial charge in [0.15, 0.2) is 6.61 Å². The van der Waals surface area contributed by atoms with Gasteiger partial charge < -0.3 is 4.74 Å². The highest BCUT2D eigenvalue weighted by Gasteiger charge is 2.12. The van der Waals surface area contributed by atoms with Crippen LogP contribution < -0.4 is 4.74 Å². The van der Waals surface area contributed by atoms with Crippen LogP contribution in [-0.4, -0.2) is 12.4 Å². The van der Waals surface area contributed by atoms with Gasteiger partial charge in [-0.1, -0.05) is 12.1 Å². The van der Waals surface area contributed by atoms with E-state index in [4.69, 9.17) is 4.74 Å². The molecule has 98 valence electrons. The summed E-state index contributed by atoms with van der Waals surface area (Å²) in [6.07, 6.45) is 0. The van der Waals surface area contributed by atoms with Crippen molar-refractivity contribution >= 4 is 5.78 Å². The van der Waals surface area contributed by atoms with Gasteiger partial charge in [-0.05, 0) is 42.8 Å². The van der Waals surface area contributed by atoms with E-state index in [1.807, 2.05) is 0 Å². The van der Waals surface area contributed by atoms with Crippen LogP contribution in [0.1, 0.15) is 15.9 Å². The molecule has 2 nitrogen and oxygen atoms in total. The monoisotopic (exact) mass is 262 g/mol. The minimum atomic E-state index is -0.577. The summed E-state index contributed by atoms with van der Waals surface area (Å²) >= 11 is 0. The van der Waals surface area contributed by atoms with E-state index in [9.17, 15) is 13.6 Å². The molecular weight excluding hydrogens is 250 g/mol. The maximum absolute atomic E-state index is 13.4. The third kappa shape index (κ3) is 3.16. The average Bonchev–Trinajstić information content (AvgIpc) is 2.38. The Labute approximate surface area is 109 Å².